The number of amides is 5. The Morgan fingerprint density at radius 1 is 0.811 bits per heavy atom. The zero-order valence-corrected chi connectivity index (χ0v) is 32.0. The molecule has 0 bridgehead atoms. The largest absolute Gasteiger partial charge is 0.444 e. The Morgan fingerprint density at radius 2 is 1.45 bits per heavy atom. The van der Waals surface area contributed by atoms with Crippen LogP contribution in [0.15, 0.2) is 30.3 Å². The number of nitrogens with two attached hydrogens (primary N) is 1. The molecule has 15 heteroatoms. The van der Waals surface area contributed by atoms with E-state index in [-0.39, 0.29) is 37.3 Å². The standard InChI is InChI=1S/C38H62N6O9/c1-27(41-37(49)53-38(2,3)4)33(45)43-32(29-14-9-6-10-15-29)36(48)44-19-11-16-31(44)35(47)42-30(26-28-12-7-5-8-13-28)34(46)40-18-21-51-23-25-52-24-22-50-20-17-39/h5,7-8,12-13,27,29-32H,6,9-11,14-26,39H2,1-4H3,(H,40,46)(H,41,49)(H,42,47)(H,43,45)/t27-,30-,31-,32-/m0/s1. The highest BCUT2D eigenvalue weighted by Crippen LogP contribution is 2.29. The van der Waals surface area contributed by atoms with Crippen LogP contribution in [-0.2, 0) is 44.5 Å². The predicted octanol–water partition coefficient (Wildman–Crippen LogP) is 1.81. The van der Waals surface area contributed by atoms with Gasteiger partial charge in [0.2, 0.25) is 23.6 Å². The van der Waals surface area contributed by atoms with Crippen LogP contribution in [0.5, 0.6) is 0 Å². The first-order valence-corrected chi connectivity index (χ1v) is 19.0. The molecule has 5 amide bonds. The summed E-state index contributed by atoms with van der Waals surface area (Å²) < 4.78 is 21.6. The molecule has 0 aromatic heterocycles. The van der Waals surface area contributed by atoms with Crippen LogP contribution in [-0.4, -0.2) is 124 Å². The fourth-order valence-corrected chi connectivity index (χ4v) is 6.48. The molecule has 1 heterocycles. The summed E-state index contributed by atoms with van der Waals surface area (Å²) >= 11 is 0. The van der Waals surface area contributed by atoms with E-state index in [0.717, 1.165) is 37.7 Å². The van der Waals surface area contributed by atoms with Crippen LogP contribution in [0.3, 0.4) is 0 Å². The molecule has 1 aromatic carbocycles. The third-order valence-electron chi connectivity index (χ3n) is 9.12. The van der Waals surface area contributed by atoms with Crippen LogP contribution in [0.4, 0.5) is 4.79 Å². The molecule has 1 aromatic rings. The first kappa shape index (κ1) is 43.6. The SMILES string of the molecule is C[C@H](NC(=O)OC(C)(C)C)C(=O)N[C@H](C(=O)N1CCC[C@H]1C(=O)N[C@@H](Cc1ccccc1)C(=O)NCCOCCOCCOCCN)C1CCCCC1. The summed E-state index contributed by atoms with van der Waals surface area (Å²) in [6.45, 7) is 10.1. The lowest BCUT2D eigenvalue weighted by Crippen LogP contribution is -2.59. The minimum atomic E-state index is -0.955. The zero-order chi connectivity index (χ0) is 38.6. The Labute approximate surface area is 314 Å². The highest BCUT2D eigenvalue weighted by Gasteiger charge is 2.42. The van der Waals surface area contributed by atoms with Crippen molar-refractivity contribution in [2.45, 2.75) is 109 Å². The van der Waals surface area contributed by atoms with Gasteiger partial charge in [-0.1, -0.05) is 49.6 Å². The normalized spacial score (nSPS) is 18.1. The summed E-state index contributed by atoms with van der Waals surface area (Å²) in [5.74, 6) is -1.75. The van der Waals surface area contributed by atoms with Gasteiger partial charge in [-0.15, -0.1) is 0 Å². The quantitative estimate of drug-likeness (QED) is 0.116. The molecule has 298 valence electrons. The number of benzene rings is 1. The molecule has 1 saturated heterocycles. The molecular weight excluding hydrogens is 684 g/mol. The van der Waals surface area contributed by atoms with E-state index < -0.39 is 47.7 Å². The second-order valence-electron chi connectivity index (χ2n) is 14.6. The number of carbonyl (C=O) groups is 5. The van der Waals surface area contributed by atoms with E-state index in [0.29, 0.717) is 59.0 Å². The van der Waals surface area contributed by atoms with Crippen molar-refractivity contribution in [2.75, 3.05) is 59.3 Å². The third-order valence-corrected chi connectivity index (χ3v) is 9.12. The van der Waals surface area contributed by atoms with E-state index in [4.69, 9.17) is 24.7 Å². The van der Waals surface area contributed by atoms with Gasteiger partial charge in [0.05, 0.1) is 39.6 Å². The molecule has 53 heavy (non-hydrogen) atoms. The van der Waals surface area contributed by atoms with Gasteiger partial charge in [-0.3, -0.25) is 19.2 Å². The Balaban J connectivity index is 1.62. The number of likely N-dealkylation sites (tertiary alicyclic amines) is 1. The lowest BCUT2D eigenvalue weighted by molar-refractivity contribution is -0.143. The second-order valence-corrected chi connectivity index (χ2v) is 14.6. The number of nitrogens with zero attached hydrogens (tertiary/aromatic N) is 1. The maximum absolute atomic E-state index is 14.3. The van der Waals surface area contributed by atoms with Gasteiger partial charge in [0, 0.05) is 26.1 Å². The van der Waals surface area contributed by atoms with Crippen LogP contribution in [0, 0.1) is 5.92 Å². The number of alkyl carbamates (subject to hydrolysis) is 1. The summed E-state index contributed by atoms with van der Waals surface area (Å²) in [5, 5.41) is 11.2. The molecule has 1 aliphatic heterocycles. The van der Waals surface area contributed by atoms with Crippen LogP contribution < -0.4 is 27.0 Å². The van der Waals surface area contributed by atoms with Gasteiger partial charge in [-0.05, 0) is 64.9 Å². The summed E-state index contributed by atoms with van der Waals surface area (Å²) in [5.41, 5.74) is 5.51. The number of rotatable bonds is 21. The fraction of sp³-hybridized carbons (Fsp3) is 0.711. The number of hydrogen-bond acceptors (Lipinski definition) is 10. The number of carbonyl (C=O) groups excluding carboxylic acids is 5. The molecule has 0 unspecified atom stereocenters. The van der Waals surface area contributed by atoms with Crippen molar-refractivity contribution < 1.29 is 42.9 Å². The van der Waals surface area contributed by atoms with E-state index in [9.17, 15) is 24.0 Å². The molecule has 2 aliphatic rings. The van der Waals surface area contributed by atoms with Gasteiger partial charge in [-0.2, -0.15) is 0 Å². The van der Waals surface area contributed by atoms with Gasteiger partial charge in [-0.25, -0.2) is 4.79 Å². The van der Waals surface area contributed by atoms with Crippen molar-refractivity contribution in [1.82, 2.24) is 26.2 Å². The molecule has 2 fully saturated rings. The molecule has 4 atom stereocenters. The van der Waals surface area contributed by atoms with Gasteiger partial charge < -0.3 is 50.8 Å². The van der Waals surface area contributed by atoms with Gasteiger partial charge in [0.1, 0.15) is 29.8 Å². The highest BCUT2D eigenvalue weighted by molar-refractivity contribution is 5.95. The van der Waals surface area contributed by atoms with E-state index in [1.807, 2.05) is 30.3 Å². The summed E-state index contributed by atoms with van der Waals surface area (Å²) in [7, 11) is 0. The molecule has 15 nitrogen and oxygen atoms in total. The Hall–Kier alpha value is -3.79. The first-order valence-electron chi connectivity index (χ1n) is 19.0. The fourth-order valence-electron chi connectivity index (χ4n) is 6.48. The Bertz CT molecular complexity index is 1290. The Morgan fingerprint density at radius 3 is 2.09 bits per heavy atom. The minimum absolute atomic E-state index is 0.112. The topological polar surface area (TPSA) is 200 Å². The van der Waals surface area contributed by atoms with Gasteiger partial charge in [0.25, 0.3) is 0 Å². The first-order chi connectivity index (χ1) is 25.4. The van der Waals surface area contributed by atoms with Crippen LogP contribution in [0.1, 0.15) is 78.2 Å². The Kier molecular flexibility index (Phi) is 19.0. The highest BCUT2D eigenvalue weighted by atomic mass is 16.6. The molecular formula is C38H62N6O9. The summed E-state index contributed by atoms with van der Waals surface area (Å²) in [6, 6.07) is 5.87. The lowest BCUT2D eigenvalue weighted by atomic mass is 9.83. The smallest absolute Gasteiger partial charge is 0.408 e. The van der Waals surface area contributed by atoms with Crippen LogP contribution in [0.2, 0.25) is 0 Å². The van der Waals surface area contributed by atoms with E-state index >= 15 is 0 Å². The van der Waals surface area contributed by atoms with Crippen LogP contribution >= 0.6 is 0 Å². The average Bonchev–Trinajstić information content (AvgIpc) is 3.62. The molecule has 0 spiro atoms. The maximum Gasteiger partial charge on any atom is 0.408 e. The van der Waals surface area contributed by atoms with Gasteiger partial charge >= 0.3 is 6.09 Å². The monoisotopic (exact) mass is 746 g/mol. The maximum atomic E-state index is 14.3. The third kappa shape index (κ3) is 16.0. The summed E-state index contributed by atoms with van der Waals surface area (Å²) in [6.07, 6.45) is 4.98. The van der Waals surface area contributed by atoms with Crippen molar-refractivity contribution in [2.24, 2.45) is 11.7 Å². The predicted molar refractivity (Wildman–Crippen MR) is 199 cm³/mol. The molecule has 1 saturated carbocycles. The van der Waals surface area contributed by atoms with Crippen molar-refractivity contribution in [3.8, 4) is 0 Å². The molecule has 6 N–H and O–H groups in total. The van der Waals surface area contributed by atoms with Crippen LogP contribution in [0.25, 0.3) is 0 Å². The number of hydrogen-bond donors (Lipinski definition) is 5. The number of nitrogens with one attached hydrogen (secondary N) is 4. The average molecular weight is 747 g/mol. The molecule has 3 rings (SSSR count). The molecule has 1 aliphatic carbocycles. The van der Waals surface area contributed by atoms with E-state index in [2.05, 4.69) is 21.3 Å². The number of ether oxygens (including phenoxy) is 4. The van der Waals surface area contributed by atoms with Crippen molar-refractivity contribution in [1.29, 1.82) is 0 Å². The van der Waals surface area contributed by atoms with Crippen molar-refractivity contribution in [3.63, 3.8) is 0 Å². The molecule has 0 radical (unpaired) electrons. The van der Waals surface area contributed by atoms with E-state index in [1.54, 1.807) is 25.7 Å². The lowest BCUT2D eigenvalue weighted by Gasteiger charge is -2.35. The van der Waals surface area contributed by atoms with Gasteiger partial charge in [0.15, 0.2) is 0 Å². The van der Waals surface area contributed by atoms with E-state index in [1.165, 1.54) is 6.92 Å². The zero-order valence-electron chi connectivity index (χ0n) is 32.0. The summed E-state index contributed by atoms with van der Waals surface area (Å²) in [4.78, 5) is 68.8. The second kappa shape index (κ2) is 23.1. The minimum Gasteiger partial charge on any atom is -0.444 e. The van der Waals surface area contributed by atoms with Crippen molar-refractivity contribution in [3.05, 3.63) is 35.9 Å². The van der Waals surface area contributed by atoms with Crippen molar-refractivity contribution >= 4 is 29.7 Å².